The third kappa shape index (κ3) is 4.85. The maximum Gasteiger partial charge on any atom is 0.233 e. The molecule has 1 aromatic heterocycles. The molecule has 3 rings (SSSR count). The van der Waals surface area contributed by atoms with Gasteiger partial charge in [-0.2, -0.15) is 0 Å². The van der Waals surface area contributed by atoms with Gasteiger partial charge in [-0.25, -0.2) is 0 Å². The maximum atomic E-state index is 12.5. The zero-order valence-electron chi connectivity index (χ0n) is 15.9. The number of amides is 1. The first-order chi connectivity index (χ1) is 13.5. The molecule has 0 aliphatic heterocycles. The molecule has 1 amide bonds. The number of aryl methyl sites for hydroxylation is 1. The van der Waals surface area contributed by atoms with Crippen LogP contribution in [-0.4, -0.2) is 45.5 Å². The molecule has 0 saturated carbocycles. The topological polar surface area (TPSA) is 60.2 Å². The van der Waals surface area contributed by atoms with Crippen LogP contribution in [0.5, 0.6) is 5.75 Å². The molecule has 0 bridgehead atoms. The van der Waals surface area contributed by atoms with E-state index in [1.165, 1.54) is 11.8 Å². The Hall–Kier alpha value is -2.51. The number of carbonyl (C=O) groups excluding carboxylic acids is 1. The summed E-state index contributed by atoms with van der Waals surface area (Å²) in [6.07, 6.45) is 1.62. The van der Waals surface area contributed by atoms with E-state index in [1.807, 2.05) is 54.0 Å². The van der Waals surface area contributed by atoms with E-state index < -0.39 is 0 Å². The number of thioether (sulfide) groups is 1. The average Bonchev–Trinajstić information content (AvgIpc) is 3.17. The van der Waals surface area contributed by atoms with E-state index in [9.17, 15) is 4.79 Å². The number of hydrogen-bond acceptors (Lipinski definition) is 5. The molecule has 28 heavy (non-hydrogen) atoms. The Balaban J connectivity index is 1.63. The van der Waals surface area contributed by atoms with Gasteiger partial charge in [0.15, 0.2) is 5.16 Å². The molecule has 0 N–H and O–H groups in total. The quantitative estimate of drug-likeness (QED) is 0.545. The molecule has 0 atom stereocenters. The lowest BCUT2D eigenvalue weighted by Gasteiger charge is -2.17. The lowest BCUT2D eigenvalue weighted by molar-refractivity contribution is -0.127. The van der Waals surface area contributed by atoms with Crippen LogP contribution >= 0.6 is 23.4 Å². The summed E-state index contributed by atoms with van der Waals surface area (Å²) in [6.45, 7) is 2.46. The summed E-state index contributed by atoms with van der Waals surface area (Å²) in [4.78, 5) is 14.2. The van der Waals surface area contributed by atoms with Crippen molar-refractivity contribution in [2.24, 2.45) is 0 Å². The van der Waals surface area contributed by atoms with Gasteiger partial charge in [-0.15, -0.1) is 10.2 Å². The van der Waals surface area contributed by atoms with Crippen molar-refractivity contribution in [2.75, 3.05) is 19.9 Å². The van der Waals surface area contributed by atoms with Crippen molar-refractivity contribution in [2.45, 2.75) is 18.6 Å². The molecule has 2 aromatic carbocycles. The van der Waals surface area contributed by atoms with Gasteiger partial charge in [0.1, 0.15) is 12.1 Å². The normalized spacial score (nSPS) is 10.7. The first-order valence-corrected chi connectivity index (χ1v) is 10.0. The first-order valence-electron chi connectivity index (χ1n) is 8.64. The summed E-state index contributed by atoms with van der Waals surface area (Å²) in [7, 11) is 3.41. The molecule has 8 heteroatoms. The van der Waals surface area contributed by atoms with E-state index in [4.69, 9.17) is 16.3 Å². The summed E-state index contributed by atoms with van der Waals surface area (Å²) in [5, 5.41) is 9.42. The minimum atomic E-state index is 0.00399. The summed E-state index contributed by atoms with van der Waals surface area (Å²) in [5.41, 5.74) is 2.87. The van der Waals surface area contributed by atoms with Gasteiger partial charge >= 0.3 is 0 Å². The molecule has 1 heterocycles. The molecule has 0 aliphatic rings. The Morgan fingerprint density at radius 1 is 1.29 bits per heavy atom. The van der Waals surface area contributed by atoms with E-state index in [1.54, 1.807) is 25.4 Å². The summed E-state index contributed by atoms with van der Waals surface area (Å²) < 4.78 is 7.05. The van der Waals surface area contributed by atoms with Gasteiger partial charge in [0, 0.05) is 18.6 Å². The fraction of sp³-hybridized carbons (Fsp3) is 0.250. The van der Waals surface area contributed by atoms with E-state index >= 15 is 0 Å². The number of hydrogen-bond donors (Lipinski definition) is 0. The lowest BCUT2D eigenvalue weighted by Crippen LogP contribution is -2.27. The van der Waals surface area contributed by atoms with E-state index in [-0.39, 0.29) is 11.7 Å². The van der Waals surface area contributed by atoms with E-state index in [0.29, 0.717) is 16.7 Å². The monoisotopic (exact) mass is 416 g/mol. The van der Waals surface area contributed by atoms with Crippen molar-refractivity contribution in [3.63, 3.8) is 0 Å². The molecule has 0 radical (unpaired) electrons. The second-order valence-corrected chi connectivity index (χ2v) is 7.66. The molecule has 6 nitrogen and oxygen atoms in total. The smallest absolute Gasteiger partial charge is 0.233 e. The Morgan fingerprint density at radius 2 is 2.11 bits per heavy atom. The number of nitrogens with zero attached hydrogens (tertiary/aromatic N) is 4. The highest BCUT2D eigenvalue weighted by Crippen LogP contribution is 2.24. The Kier molecular flexibility index (Phi) is 6.59. The van der Waals surface area contributed by atoms with Crippen molar-refractivity contribution < 1.29 is 9.53 Å². The van der Waals surface area contributed by atoms with Crippen LogP contribution in [0.2, 0.25) is 5.02 Å². The van der Waals surface area contributed by atoms with Gasteiger partial charge in [0.2, 0.25) is 5.91 Å². The molecular formula is C20H21ClN4O2S. The van der Waals surface area contributed by atoms with Crippen molar-refractivity contribution in [3.8, 4) is 11.4 Å². The minimum Gasteiger partial charge on any atom is -0.497 e. The summed E-state index contributed by atoms with van der Waals surface area (Å²) in [6, 6.07) is 13.4. The Morgan fingerprint density at radius 3 is 2.86 bits per heavy atom. The van der Waals surface area contributed by atoms with Crippen LogP contribution in [0.4, 0.5) is 0 Å². The predicted octanol–water partition coefficient (Wildman–Crippen LogP) is 3.99. The number of methoxy groups -OCH3 is 1. The largest absolute Gasteiger partial charge is 0.497 e. The summed E-state index contributed by atoms with van der Waals surface area (Å²) in [5.74, 6) is 1.04. The second-order valence-electron chi connectivity index (χ2n) is 6.31. The minimum absolute atomic E-state index is 0.00399. The SMILES string of the molecule is COc1cccc(CN(C)C(=O)CSc2nncn2-c2ccc(C)c(Cl)c2)c1. The molecule has 146 valence electrons. The van der Waals surface area contributed by atoms with Crippen molar-refractivity contribution in [1.82, 2.24) is 19.7 Å². The second kappa shape index (κ2) is 9.12. The van der Waals surface area contributed by atoms with Crippen LogP contribution in [0.15, 0.2) is 53.9 Å². The van der Waals surface area contributed by atoms with Crippen LogP contribution < -0.4 is 4.74 Å². The molecule has 0 unspecified atom stereocenters. The number of benzene rings is 2. The highest BCUT2D eigenvalue weighted by Gasteiger charge is 2.14. The van der Waals surface area contributed by atoms with Crippen LogP contribution in [0.1, 0.15) is 11.1 Å². The Bertz CT molecular complexity index is 976. The highest BCUT2D eigenvalue weighted by atomic mass is 35.5. The van der Waals surface area contributed by atoms with Crippen LogP contribution in [0.25, 0.3) is 5.69 Å². The number of halogens is 1. The number of rotatable bonds is 7. The van der Waals surface area contributed by atoms with Gasteiger partial charge in [-0.05, 0) is 42.3 Å². The molecule has 0 saturated heterocycles. The molecule has 0 spiro atoms. The van der Waals surface area contributed by atoms with Gasteiger partial charge in [-0.1, -0.05) is 41.6 Å². The molecule has 3 aromatic rings. The average molecular weight is 417 g/mol. The number of aromatic nitrogens is 3. The first kappa shape index (κ1) is 20.2. The van der Waals surface area contributed by atoms with Crippen LogP contribution in [-0.2, 0) is 11.3 Å². The molecule has 0 fully saturated rings. The fourth-order valence-electron chi connectivity index (χ4n) is 2.60. The van der Waals surface area contributed by atoms with Crippen molar-refractivity contribution in [1.29, 1.82) is 0 Å². The Labute approximate surface area is 173 Å². The third-order valence-corrected chi connectivity index (χ3v) is 5.59. The van der Waals surface area contributed by atoms with Crippen molar-refractivity contribution in [3.05, 3.63) is 64.9 Å². The lowest BCUT2D eigenvalue weighted by atomic mass is 10.2. The third-order valence-electron chi connectivity index (χ3n) is 4.25. The van der Waals surface area contributed by atoms with E-state index in [2.05, 4.69) is 10.2 Å². The zero-order chi connectivity index (χ0) is 20.1. The number of ether oxygens (including phenoxy) is 1. The maximum absolute atomic E-state index is 12.5. The van der Waals surface area contributed by atoms with Gasteiger partial charge in [-0.3, -0.25) is 9.36 Å². The summed E-state index contributed by atoms with van der Waals surface area (Å²) >= 11 is 7.56. The van der Waals surface area contributed by atoms with Gasteiger partial charge in [0.25, 0.3) is 0 Å². The fourth-order valence-corrected chi connectivity index (χ4v) is 3.65. The van der Waals surface area contributed by atoms with Gasteiger partial charge < -0.3 is 9.64 Å². The van der Waals surface area contributed by atoms with Crippen LogP contribution in [0, 0.1) is 6.92 Å². The van der Waals surface area contributed by atoms with Gasteiger partial charge in [0.05, 0.1) is 18.6 Å². The van der Waals surface area contributed by atoms with Crippen LogP contribution in [0.3, 0.4) is 0 Å². The zero-order valence-corrected chi connectivity index (χ0v) is 17.5. The van der Waals surface area contributed by atoms with Crippen molar-refractivity contribution >= 4 is 29.3 Å². The standard InChI is InChI=1S/C20H21ClN4O2S/c1-14-7-8-16(10-18(14)21)25-13-22-23-20(25)28-12-19(26)24(2)11-15-5-4-6-17(9-15)27-3/h4-10,13H,11-12H2,1-3H3. The number of carbonyl (C=O) groups is 1. The molecule has 0 aliphatic carbocycles. The molecular weight excluding hydrogens is 396 g/mol. The predicted molar refractivity (Wildman–Crippen MR) is 111 cm³/mol. The highest BCUT2D eigenvalue weighted by molar-refractivity contribution is 7.99. The van der Waals surface area contributed by atoms with E-state index in [0.717, 1.165) is 22.6 Å².